The Balaban J connectivity index is 2.28. The van der Waals surface area contributed by atoms with E-state index in [2.05, 4.69) is 0 Å². The minimum absolute atomic E-state index is 0.166. The number of carbonyl (C=O) groups is 1. The molecule has 0 bridgehead atoms. The molecule has 1 aromatic heterocycles. The Kier molecular flexibility index (Phi) is 2.78. The van der Waals surface area contributed by atoms with Crippen LogP contribution < -0.4 is 5.56 Å². The molecule has 1 aliphatic rings. The quantitative estimate of drug-likeness (QED) is 0.702. The Labute approximate surface area is 92.9 Å². The van der Waals surface area contributed by atoms with Crippen LogP contribution in [0.25, 0.3) is 0 Å². The van der Waals surface area contributed by atoms with E-state index in [4.69, 9.17) is 0 Å². The summed E-state index contributed by atoms with van der Waals surface area (Å²) < 4.78 is 1.37. The van der Waals surface area contributed by atoms with E-state index in [9.17, 15) is 14.7 Å². The van der Waals surface area contributed by atoms with Crippen molar-refractivity contribution in [1.29, 1.82) is 0 Å². The van der Waals surface area contributed by atoms with Gasteiger partial charge in [-0.15, -0.1) is 0 Å². The van der Waals surface area contributed by atoms with Gasteiger partial charge in [-0.25, -0.2) is 0 Å². The average Bonchev–Trinajstić information content (AvgIpc) is 2.68. The number of rotatable bonds is 1. The molecule has 1 aliphatic heterocycles. The monoisotopic (exact) mass is 222 g/mol. The molecule has 0 aliphatic carbocycles. The van der Waals surface area contributed by atoms with Gasteiger partial charge >= 0.3 is 0 Å². The van der Waals surface area contributed by atoms with Crippen LogP contribution in [0.2, 0.25) is 0 Å². The van der Waals surface area contributed by atoms with Crippen LogP contribution in [0.5, 0.6) is 0 Å². The molecule has 2 heterocycles. The van der Waals surface area contributed by atoms with Gasteiger partial charge in [-0.2, -0.15) is 0 Å². The van der Waals surface area contributed by atoms with Crippen LogP contribution in [0.3, 0.4) is 0 Å². The van der Waals surface area contributed by atoms with Crippen LogP contribution in [0.15, 0.2) is 23.1 Å². The van der Waals surface area contributed by atoms with E-state index in [1.54, 1.807) is 19.3 Å². The topological polar surface area (TPSA) is 62.5 Å². The predicted octanol–water partition coefficient (Wildman–Crippen LogP) is -0.408. The maximum absolute atomic E-state index is 12.0. The molecular formula is C11H14N2O3. The molecule has 2 rings (SSSR count). The number of β-amino-alcohol motifs (C(OH)–C–C–N with tert-alkyl or cyclic N) is 1. The Morgan fingerprint density at radius 3 is 2.94 bits per heavy atom. The van der Waals surface area contributed by atoms with Gasteiger partial charge in [-0.1, -0.05) is 0 Å². The number of aliphatic hydroxyl groups is 1. The van der Waals surface area contributed by atoms with Crippen molar-refractivity contribution in [3.63, 3.8) is 0 Å². The summed E-state index contributed by atoms with van der Waals surface area (Å²) in [4.78, 5) is 25.2. The Hall–Kier alpha value is -1.62. The summed E-state index contributed by atoms with van der Waals surface area (Å²) in [6, 6.07) is 3.19. The summed E-state index contributed by atoms with van der Waals surface area (Å²) >= 11 is 0. The third-order valence-corrected chi connectivity index (χ3v) is 2.80. The molecule has 0 spiro atoms. The zero-order valence-corrected chi connectivity index (χ0v) is 9.09. The van der Waals surface area contributed by atoms with Crippen LogP contribution in [0, 0.1) is 0 Å². The Morgan fingerprint density at radius 2 is 2.31 bits per heavy atom. The van der Waals surface area contributed by atoms with E-state index < -0.39 is 6.10 Å². The molecule has 1 amide bonds. The number of aliphatic hydroxyl groups excluding tert-OH is 1. The molecule has 5 heteroatoms. The van der Waals surface area contributed by atoms with E-state index in [1.165, 1.54) is 15.5 Å². The van der Waals surface area contributed by atoms with Gasteiger partial charge in [-0.05, 0) is 18.6 Å². The summed E-state index contributed by atoms with van der Waals surface area (Å²) in [5.74, 6) is -0.294. The summed E-state index contributed by atoms with van der Waals surface area (Å²) in [7, 11) is 1.61. The Bertz CT molecular complexity index is 467. The number of likely N-dealkylation sites (tertiary alicyclic amines) is 1. The second-order valence-corrected chi connectivity index (χ2v) is 4.03. The van der Waals surface area contributed by atoms with Crippen LogP contribution >= 0.6 is 0 Å². The fourth-order valence-corrected chi connectivity index (χ4v) is 1.86. The van der Waals surface area contributed by atoms with Crippen molar-refractivity contribution >= 4 is 5.91 Å². The molecule has 0 saturated carbocycles. The van der Waals surface area contributed by atoms with Crippen molar-refractivity contribution in [2.24, 2.45) is 7.05 Å². The highest BCUT2D eigenvalue weighted by Gasteiger charge is 2.26. The highest BCUT2D eigenvalue weighted by molar-refractivity contribution is 5.94. The third-order valence-electron chi connectivity index (χ3n) is 2.80. The number of hydrogen-bond donors (Lipinski definition) is 1. The minimum atomic E-state index is -0.462. The van der Waals surface area contributed by atoms with Gasteiger partial charge in [0.15, 0.2) is 0 Å². The molecule has 5 nitrogen and oxygen atoms in total. The van der Waals surface area contributed by atoms with Crippen LogP contribution in [-0.4, -0.2) is 39.7 Å². The summed E-state index contributed by atoms with van der Waals surface area (Å²) in [5.41, 5.74) is -0.131. The molecule has 1 atom stereocenters. The van der Waals surface area contributed by atoms with E-state index in [-0.39, 0.29) is 17.0 Å². The van der Waals surface area contributed by atoms with Crippen LogP contribution in [0.1, 0.15) is 16.8 Å². The van der Waals surface area contributed by atoms with E-state index in [0.717, 1.165) is 0 Å². The van der Waals surface area contributed by atoms with Gasteiger partial charge in [0, 0.05) is 26.3 Å². The standard InChI is InChI=1S/C11H14N2O3/c1-12-5-2-3-9(10(12)15)11(16)13-6-4-8(14)7-13/h2-3,5,8,14H,4,6-7H2,1H3/t8-/m0/s1. The van der Waals surface area contributed by atoms with Crippen molar-refractivity contribution in [3.8, 4) is 0 Å². The number of aromatic nitrogens is 1. The molecule has 0 radical (unpaired) electrons. The van der Waals surface area contributed by atoms with Gasteiger partial charge in [0.1, 0.15) is 5.56 Å². The SMILES string of the molecule is Cn1cccc(C(=O)N2CC[C@H](O)C2)c1=O. The number of carbonyl (C=O) groups excluding carboxylic acids is 1. The molecule has 1 N–H and O–H groups in total. The van der Waals surface area contributed by atoms with E-state index in [0.29, 0.717) is 19.5 Å². The van der Waals surface area contributed by atoms with Crippen LogP contribution in [-0.2, 0) is 7.05 Å². The summed E-state index contributed by atoms with van der Waals surface area (Å²) in [6.45, 7) is 0.828. The normalized spacial score (nSPS) is 20.1. The second-order valence-electron chi connectivity index (χ2n) is 4.03. The molecule has 0 aromatic carbocycles. The van der Waals surface area contributed by atoms with Crippen molar-refractivity contribution < 1.29 is 9.90 Å². The Morgan fingerprint density at radius 1 is 1.56 bits per heavy atom. The lowest BCUT2D eigenvalue weighted by molar-refractivity contribution is 0.0762. The van der Waals surface area contributed by atoms with Gasteiger partial charge in [0.25, 0.3) is 11.5 Å². The zero-order chi connectivity index (χ0) is 11.7. The number of nitrogens with zero attached hydrogens (tertiary/aromatic N) is 2. The fraction of sp³-hybridized carbons (Fsp3) is 0.455. The zero-order valence-electron chi connectivity index (χ0n) is 9.09. The number of hydrogen-bond acceptors (Lipinski definition) is 3. The largest absolute Gasteiger partial charge is 0.391 e. The average molecular weight is 222 g/mol. The number of pyridine rings is 1. The van der Waals surface area contributed by atoms with Crippen molar-refractivity contribution in [2.45, 2.75) is 12.5 Å². The number of amides is 1. The maximum atomic E-state index is 12.0. The number of aryl methyl sites for hydroxylation is 1. The lowest BCUT2D eigenvalue weighted by atomic mass is 10.2. The molecule has 1 aromatic rings. The van der Waals surface area contributed by atoms with Gasteiger partial charge in [-0.3, -0.25) is 9.59 Å². The first-order valence-corrected chi connectivity index (χ1v) is 5.22. The van der Waals surface area contributed by atoms with Gasteiger partial charge in [0.05, 0.1) is 6.10 Å². The lowest BCUT2D eigenvalue weighted by Gasteiger charge is -2.15. The maximum Gasteiger partial charge on any atom is 0.263 e. The van der Waals surface area contributed by atoms with Crippen molar-refractivity contribution in [2.75, 3.05) is 13.1 Å². The van der Waals surface area contributed by atoms with Crippen molar-refractivity contribution in [1.82, 2.24) is 9.47 Å². The van der Waals surface area contributed by atoms with E-state index in [1.807, 2.05) is 0 Å². The highest BCUT2D eigenvalue weighted by Crippen LogP contribution is 2.11. The molecule has 1 fully saturated rings. The molecular weight excluding hydrogens is 208 g/mol. The second kappa shape index (κ2) is 4.09. The molecule has 16 heavy (non-hydrogen) atoms. The molecule has 86 valence electrons. The van der Waals surface area contributed by atoms with E-state index >= 15 is 0 Å². The summed E-state index contributed by atoms with van der Waals surface area (Å²) in [5, 5.41) is 9.34. The van der Waals surface area contributed by atoms with Crippen molar-refractivity contribution in [3.05, 3.63) is 34.2 Å². The minimum Gasteiger partial charge on any atom is -0.391 e. The smallest absolute Gasteiger partial charge is 0.263 e. The summed E-state index contributed by atoms with van der Waals surface area (Å²) in [6.07, 6.45) is 1.73. The molecule has 0 unspecified atom stereocenters. The van der Waals surface area contributed by atoms with Crippen LogP contribution in [0.4, 0.5) is 0 Å². The van der Waals surface area contributed by atoms with Gasteiger partial charge in [0.2, 0.25) is 0 Å². The first-order chi connectivity index (χ1) is 7.59. The first-order valence-electron chi connectivity index (χ1n) is 5.22. The fourth-order valence-electron chi connectivity index (χ4n) is 1.86. The lowest BCUT2D eigenvalue weighted by Crippen LogP contribution is -2.35. The molecule has 1 saturated heterocycles. The third kappa shape index (κ3) is 1.86. The highest BCUT2D eigenvalue weighted by atomic mass is 16.3. The van der Waals surface area contributed by atoms with Gasteiger partial charge < -0.3 is 14.6 Å². The predicted molar refractivity (Wildman–Crippen MR) is 58.2 cm³/mol. The first kappa shape index (κ1) is 10.9.